The predicted octanol–water partition coefficient (Wildman–Crippen LogP) is 5.94. The number of ether oxygens (including phenoxy) is 2. The van der Waals surface area contributed by atoms with Crippen LogP contribution >= 0.6 is 22.6 Å². The molecule has 10 heteroatoms. The number of benzene rings is 2. The zero-order valence-electron chi connectivity index (χ0n) is 18.3. The first-order chi connectivity index (χ1) is 15.5. The minimum absolute atomic E-state index is 0.00442. The lowest BCUT2D eigenvalue weighted by Gasteiger charge is -2.15. The Labute approximate surface area is 202 Å². The number of aryl methyl sites for hydroxylation is 1. The van der Waals surface area contributed by atoms with Crippen LogP contribution in [0.15, 0.2) is 41.7 Å². The number of carbonyl (C=O) groups excluding carboxylic acids is 1. The first-order valence-electron chi connectivity index (χ1n) is 9.60. The van der Waals surface area contributed by atoms with Crippen molar-refractivity contribution in [2.45, 2.75) is 33.1 Å². The minimum atomic E-state index is -4.47. The Bertz CT molecular complexity index is 1080. The molecular formula is C23H22F4INO4. The van der Waals surface area contributed by atoms with E-state index in [1.807, 2.05) is 0 Å². The summed E-state index contributed by atoms with van der Waals surface area (Å²) in [6.07, 6.45) is -4.45. The molecule has 0 N–H and O–H groups in total. The van der Waals surface area contributed by atoms with Crippen LogP contribution in [0.3, 0.4) is 0 Å². The lowest BCUT2D eigenvalue weighted by Crippen LogP contribution is -2.15. The van der Waals surface area contributed by atoms with E-state index in [4.69, 9.17) is 14.3 Å². The molecule has 0 bridgehead atoms. The fraction of sp³-hybridized carbons (Fsp3) is 0.304. The topological polar surface area (TPSA) is 57.1 Å². The number of hydrogen-bond donors (Lipinski definition) is 0. The molecule has 2 rings (SSSR count). The number of hydrogen-bond acceptors (Lipinski definition) is 5. The standard InChI is InChI=1S/C23H22F4INO4/c1-13-6-5-7-16(19(11-31-3)22(30)32-4)18(13)12-33-29-14(2)17-9-20(24)21(28)8-15(17)10-23(25,26)27/h5-9,11H,10,12H2,1-4H3/b19-11+,29-14+. The number of halogens is 5. The van der Waals surface area contributed by atoms with E-state index in [1.54, 1.807) is 47.7 Å². The van der Waals surface area contributed by atoms with Crippen molar-refractivity contribution in [3.8, 4) is 0 Å². The van der Waals surface area contributed by atoms with Crippen LogP contribution in [0, 0.1) is 16.3 Å². The summed E-state index contributed by atoms with van der Waals surface area (Å²) in [5.41, 5.74) is 2.02. The number of methoxy groups -OCH3 is 2. The van der Waals surface area contributed by atoms with E-state index in [0.29, 0.717) is 11.1 Å². The molecule has 0 aliphatic rings. The summed E-state index contributed by atoms with van der Waals surface area (Å²) in [5, 5.41) is 3.92. The predicted molar refractivity (Wildman–Crippen MR) is 124 cm³/mol. The van der Waals surface area contributed by atoms with Gasteiger partial charge in [-0.3, -0.25) is 0 Å². The molecule has 0 spiro atoms. The quantitative estimate of drug-likeness (QED) is 0.0739. The van der Waals surface area contributed by atoms with Crippen molar-refractivity contribution in [3.05, 3.63) is 73.8 Å². The summed E-state index contributed by atoms with van der Waals surface area (Å²) in [7, 11) is 2.63. The fourth-order valence-electron chi connectivity index (χ4n) is 3.13. The summed E-state index contributed by atoms with van der Waals surface area (Å²) in [5.74, 6) is -1.27. The Morgan fingerprint density at radius 2 is 1.88 bits per heavy atom. The van der Waals surface area contributed by atoms with Gasteiger partial charge in [-0.15, -0.1) is 0 Å². The van der Waals surface area contributed by atoms with E-state index in [2.05, 4.69) is 5.16 Å². The molecule has 5 nitrogen and oxygen atoms in total. The Morgan fingerprint density at radius 3 is 2.48 bits per heavy atom. The molecule has 0 aliphatic carbocycles. The van der Waals surface area contributed by atoms with Crippen molar-refractivity contribution in [3.63, 3.8) is 0 Å². The first-order valence-corrected chi connectivity index (χ1v) is 10.7. The van der Waals surface area contributed by atoms with Gasteiger partial charge in [0.1, 0.15) is 18.0 Å². The second kappa shape index (κ2) is 11.5. The molecule has 0 saturated heterocycles. The van der Waals surface area contributed by atoms with Gasteiger partial charge < -0.3 is 14.3 Å². The van der Waals surface area contributed by atoms with Crippen LogP contribution in [0.5, 0.6) is 0 Å². The Balaban J connectivity index is 2.37. The normalized spacial score (nSPS) is 12.5. The number of nitrogens with zero attached hydrogens (tertiary/aromatic N) is 1. The van der Waals surface area contributed by atoms with Crippen molar-refractivity contribution in [1.29, 1.82) is 0 Å². The third-order valence-corrected chi connectivity index (χ3v) is 5.51. The van der Waals surface area contributed by atoms with Gasteiger partial charge in [0.2, 0.25) is 0 Å². The van der Waals surface area contributed by atoms with Gasteiger partial charge in [-0.1, -0.05) is 23.4 Å². The molecule has 0 heterocycles. The SMILES string of the molecule is CO/C=C(/C(=O)OC)c1cccc(C)c1CO/N=C(\C)c1cc(F)c(I)cc1CC(F)(F)F. The summed E-state index contributed by atoms with van der Waals surface area (Å²) in [6, 6.07) is 7.39. The van der Waals surface area contributed by atoms with Gasteiger partial charge in [-0.25, -0.2) is 9.18 Å². The Kier molecular flexibility index (Phi) is 9.26. The number of carbonyl (C=O) groups is 1. The van der Waals surface area contributed by atoms with Crippen molar-refractivity contribution >= 4 is 39.8 Å². The Morgan fingerprint density at radius 1 is 1.18 bits per heavy atom. The fourth-order valence-corrected chi connectivity index (χ4v) is 3.66. The largest absolute Gasteiger partial charge is 0.503 e. The monoisotopic (exact) mass is 579 g/mol. The highest BCUT2D eigenvalue weighted by Gasteiger charge is 2.30. The van der Waals surface area contributed by atoms with Crippen molar-refractivity contribution in [2.24, 2.45) is 5.16 Å². The highest BCUT2D eigenvalue weighted by Crippen LogP contribution is 2.28. The first kappa shape index (κ1) is 26.6. The molecule has 33 heavy (non-hydrogen) atoms. The average molecular weight is 579 g/mol. The van der Waals surface area contributed by atoms with E-state index in [-0.39, 0.29) is 32.6 Å². The molecule has 0 radical (unpaired) electrons. The number of esters is 1. The van der Waals surface area contributed by atoms with Gasteiger partial charge in [-0.05, 0) is 65.3 Å². The molecule has 2 aromatic carbocycles. The van der Waals surface area contributed by atoms with Gasteiger partial charge in [0.15, 0.2) is 0 Å². The zero-order chi connectivity index (χ0) is 24.8. The summed E-state index contributed by atoms with van der Waals surface area (Å²) >= 11 is 1.64. The van der Waals surface area contributed by atoms with Crippen LogP contribution in [0.2, 0.25) is 0 Å². The maximum atomic E-state index is 14.1. The van der Waals surface area contributed by atoms with Crippen LogP contribution in [-0.4, -0.2) is 32.1 Å². The molecular weight excluding hydrogens is 557 g/mol. The molecule has 0 fully saturated rings. The molecule has 0 atom stereocenters. The van der Waals surface area contributed by atoms with Gasteiger partial charge >= 0.3 is 12.1 Å². The third kappa shape index (κ3) is 7.18. The van der Waals surface area contributed by atoms with Gasteiger partial charge in [0.05, 0.1) is 32.6 Å². The second-order valence-corrected chi connectivity index (χ2v) is 8.19. The smallest absolute Gasteiger partial charge is 0.393 e. The molecule has 0 aromatic heterocycles. The number of rotatable bonds is 8. The van der Waals surface area contributed by atoms with E-state index < -0.39 is 24.4 Å². The molecule has 0 amide bonds. The number of oxime groups is 1. The molecule has 0 aliphatic heterocycles. The van der Waals surface area contributed by atoms with Gasteiger partial charge in [0, 0.05) is 14.7 Å². The zero-order valence-corrected chi connectivity index (χ0v) is 20.5. The van der Waals surface area contributed by atoms with Crippen molar-refractivity contribution < 1.29 is 36.7 Å². The van der Waals surface area contributed by atoms with Crippen LogP contribution in [0.25, 0.3) is 5.57 Å². The second-order valence-electron chi connectivity index (χ2n) is 7.03. The summed E-state index contributed by atoms with van der Waals surface area (Å²) < 4.78 is 62.9. The van der Waals surface area contributed by atoms with Gasteiger partial charge in [-0.2, -0.15) is 13.2 Å². The van der Waals surface area contributed by atoms with Crippen LogP contribution < -0.4 is 0 Å². The maximum Gasteiger partial charge on any atom is 0.393 e. The van der Waals surface area contributed by atoms with Crippen LogP contribution in [0.4, 0.5) is 17.6 Å². The minimum Gasteiger partial charge on any atom is -0.503 e. The van der Waals surface area contributed by atoms with Crippen molar-refractivity contribution in [2.75, 3.05) is 14.2 Å². The molecule has 178 valence electrons. The number of alkyl halides is 3. The average Bonchev–Trinajstić information content (AvgIpc) is 2.74. The third-order valence-electron chi connectivity index (χ3n) is 4.68. The molecule has 0 saturated carbocycles. The Hall–Kier alpha value is -2.63. The maximum absolute atomic E-state index is 14.1. The highest BCUT2D eigenvalue weighted by atomic mass is 127. The van der Waals surface area contributed by atoms with E-state index in [1.165, 1.54) is 27.4 Å². The van der Waals surface area contributed by atoms with E-state index in [0.717, 1.165) is 17.7 Å². The molecule has 0 unspecified atom stereocenters. The van der Waals surface area contributed by atoms with E-state index >= 15 is 0 Å². The summed E-state index contributed by atoms with van der Waals surface area (Å²) in [4.78, 5) is 17.6. The highest BCUT2D eigenvalue weighted by molar-refractivity contribution is 14.1. The summed E-state index contributed by atoms with van der Waals surface area (Å²) in [6.45, 7) is 3.14. The van der Waals surface area contributed by atoms with Gasteiger partial charge in [0.25, 0.3) is 0 Å². The van der Waals surface area contributed by atoms with E-state index in [9.17, 15) is 22.4 Å². The van der Waals surface area contributed by atoms with Crippen LogP contribution in [-0.2, 0) is 32.1 Å². The lowest BCUT2D eigenvalue weighted by molar-refractivity contribution is -0.133. The molecule has 2 aromatic rings. The van der Waals surface area contributed by atoms with Crippen molar-refractivity contribution in [1.82, 2.24) is 0 Å². The lowest BCUT2D eigenvalue weighted by atomic mass is 9.97. The van der Waals surface area contributed by atoms with Crippen LogP contribution in [0.1, 0.15) is 34.7 Å².